The van der Waals surface area contributed by atoms with Crippen LogP contribution in [0.5, 0.6) is 11.5 Å². The lowest BCUT2D eigenvalue weighted by Crippen LogP contribution is -2.25. The first-order valence-electron chi connectivity index (χ1n) is 7.74. The van der Waals surface area contributed by atoms with E-state index in [0.29, 0.717) is 17.1 Å². The van der Waals surface area contributed by atoms with E-state index in [4.69, 9.17) is 9.47 Å². The molecule has 0 atom stereocenters. The van der Waals surface area contributed by atoms with Crippen LogP contribution in [-0.2, 0) is 0 Å². The van der Waals surface area contributed by atoms with Crippen molar-refractivity contribution < 1.29 is 14.3 Å². The number of hydrogen-bond donors (Lipinski definition) is 2. The van der Waals surface area contributed by atoms with Crippen molar-refractivity contribution >= 4 is 17.3 Å². The SMILES string of the molecule is COc1ccc(C(=O)Nc2ccc(NC(C)(C)C)cc2)cc1OC. The Hall–Kier alpha value is -2.69. The van der Waals surface area contributed by atoms with Gasteiger partial charge < -0.3 is 20.1 Å². The molecule has 2 aromatic carbocycles. The van der Waals surface area contributed by atoms with Crippen LogP contribution in [0.25, 0.3) is 0 Å². The number of benzene rings is 2. The molecule has 2 N–H and O–H groups in total. The molecule has 0 aromatic heterocycles. The Morgan fingerprint density at radius 1 is 0.875 bits per heavy atom. The molecule has 0 unspecified atom stereocenters. The van der Waals surface area contributed by atoms with Gasteiger partial charge in [-0.05, 0) is 63.2 Å². The van der Waals surface area contributed by atoms with Gasteiger partial charge in [-0.25, -0.2) is 0 Å². The van der Waals surface area contributed by atoms with E-state index in [1.54, 1.807) is 32.4 Å². The fourth-order valence-electron chi connectivity index (χ4n) is 2.25. The first-order chi connectivity index (χ1) is 11.3. The molecular weight excluding hydrogens is 304 g/mol. The molecule has 0 saturated carbocycles. The van der Waals surface area contributed by atoms with Gasteiger partial charge in [-0.1, -0.05) is 0 Å². The Bertz CT molecular complexity index is 704. The number of carbonyl (C=O) groups excluding carboxylic acids is 1. The van der Waals surface area contributed by atoms with Crippen LogP contribution in [0.1, 0.15) is 31.1 Å². The normalized spacial score (nSPS) is 10.9. The van der Waals surface area contributed by atoms with Crippen molar-refractivity contribution in [2.75, 3.05) is 24.9 Å². The number of anilines is 2. The molecule has 0 radical (unpaired) electrons. The van der Waals surface area contributed by atoms with Crippen molar-refractivity contribution in [3.8, 4) is 11.5 Å². The number of ether oxygens (including phenoxy) is 2. The van der Waals surface area contributed by atoms with Gasteiger partial charge in [0.1, 0.15) is 0 Å². The molecule has 5 nitrogen and oxygen atoms in total. The van der Waals surface area contributed by atoms with Gasteiger partial charge in [0.05, 0.1) is 14.2 Å². The highest BCUT2D eigenvalue weighted by atomic mass is 16.5. The van der Waals surface area contributed by atoms with E-state index in [9.17, 15) is 4.79 Å². The van der Waals surface area contributed by atoms with Crippen LogP contribution in [0.15, 0.2) is 42.5 Å². The fourth-order valence-corrected chi connectivity index (χ4v) is 2.25. The molecule has 128 valence electrons. The van der Waals surface area contributed by atoms with E-state index in [0.717, 1.165) is 11.4 Å². The maximum Gasteiger partial charge on any atom is 0.255 e. The second-order valence-electron chi connectivity index (χ2n) is 6.48. The van der Waals surface area contributed by atoms with Crippen molar-refractivity contribution in [2.45, 2.75) is 26.3 Å². The van der Waals surface area contributed by atoms with Crippen LogP contribution in [0, 0.1) is 0 Å². The molecule has 24 heavy (non-hydrogen) atoms. The number of carbonyl (C=O) groups is 1. The Morgan fingerprint density at radius 3 is 2.00 bits per heavy atom. The van der Waals surface area contributed by atoms with Crippen LogP contribution in [0.2, 0.25) is 0 Å². The molecule has 1 amide bonds. The zero-order chi connectivity index (χ0) is 17.7. The first-order valence-corrected chi connectivity index (χ1v) is 7.74. The standard InChI is InChI=1S/C19H24N2O3/c1-19(2,3)21-15-9-7-14(8-10-15)20-18(22)13-6-11-16(23-4)17(12-13)24-5/h6-12,21H,1-5H3,(H,20,22). The maximum atomic E-state index is 12.4. The average molecular weight is 328 g/mol. The number of methoxy groups -OCH3 is 2. The highest BCUT2D eigenvalue weighted by Crippen LogP contribution is 2.28. The van der Waals surface area contributed by atoms with Crippen LogP contribution >= 0.6 is 0 Å². The topological polar surface area (TPSA) is 59.6 Å². The summed E-state index contributed by atoms with van der Waals surface area (Å²) in [5, 5.41) is 6.25. The Balaban J connectivity index is 2.09. The van der Waals surface area contributed by atoms with Crippen LogP contribution < -0.4 is 20.1 Å². The molecule has 2 rings (SSSR count). The van der Waals surface area contributed by atoms with E-state index >= 15 is 0 Å². The van der Waals surface area contributed by atoms with E-state index in [-0.39, 0.29) is 11.4 Å². The minimum atomic E-state index is -0.201. The minimum Gasteiger partial charge on any atom is -0.493 e. The summed E-state index contributed by atoms with van der Waals surface area (Å²) in [5.41, 5.74) is 2.23. The smallest absolute Gasteiger partial charge is 0.255 e. The van der Waals surface area contributed by atoms with Gasteiger partial charge in [-0.3, -0.25) is 4.79 Å². The Kier molecular flexibility index (Phi) is 5.34. The second kappa shape index (κ2) is 7.25. The van der Waals surface area contributed by atoms with Crippen LogP contribution in [-0.4, -0.2) is 25.7 Å². The zero-order valence-corrected chi connectivity index (χ0v) is 14.8. The summed E-state index contributed by atoms with van der Waals surface area (Å²) in [5.74, 6) is 0.911. The third-order valence-corrected chi connectivity index (χ3v) is 3.31. The fraction of sp³-hybridized carbons (Fsp3) is 0.316. The van der Waals surface area contributed by atoms with Gasteiger partial charge in [0.2, 0.25) is 0 Å². The summed E-state index contributed by atoms with van der Waals surface area (Å²) >= 11 is 0. The molecule has 0 aliphatic rings. The molecule has 0 spiro atoms. The monoisotopic (exact) mass is 328 g/mol. The molecule has 2 aromatic rings. The minimum absolute atomic E-state index is 0.00951. The molecule has 0 aliphatic heterocycles. The molecular formula is C19H24N2O3. The second-order valence-corrected chi connectivity index (χ2v) is 6.48. The number of hydrogen-bond acceptors (Lipinski definition) is 4. The Morgan fingerprint density at radius 2 is 1.46 bits per heavy atom. The summed E-state index contributed by atoms with van der Waals surface area (Å²) in [6.45, 7) is 6.29. The lowest BCUT2D eigenvalue weighted by atomic mass is 10.1. The summed E-state index contributed by atoms with van der Waals surface area (Å²) in [6, 6.07) is 12.7. The number of rotatable bonds is 5. The van der Waals surface area contributed by atoms with Gasteiger partial charge in [0.25, 0.3) is 5.91 Å². The summed E-state index contributed by atoms with van der Waals surface area (Å²) in [6.07, 6.45) is 0. The van der Waals surface area contributed by atoms with Gasteiger partial charge in [-0.15, -0.1) is 0 Å². The predicted molar refractivity (Wildman–Crippen MR) is 97.3 cm³/mol. The summed E-state index contributed by atoms with van der Waals surface area (Å²) in [4.78, 5) is 12.4. The van der Waals surface area contributed by atoms with Gasteiger partial charge in [-0.2, -0.15) is 0 Å². The molecule has 0 aliphatic carbocycles. The predicted octanol–water partition coefficient (Wildman–Crippen LogP) is 4.17. The van der Waals surface area contributed by atoms with Crippen molar-refractivity contribution in [2.24, 2.45) is 0 Å². The highest BCUT2D eigenvalue weighted by Gasteiger charge is 2.12. The first kappa shape index (κ1) is 17.7. The third kappa shape index (κ3) is 4.65. The zero-order valence-electron chi connectivity index (χ0n) is 14.8. The number of amides is 1. The van der Waals surface area contributed by atoms with Crippen molar-refractivity contribution in [3.05, 3.63) is 48.0 Å². The van der Waals surface area contributed by atoms with Crippen LogP contribution in [0.3, 0.4) is 0 Å². The maximum absolute atomic E-state index is 12.4. The lowest BCUT2D eigenvalue weighted by Gasteiger charge is -2.22. The number of nitrogens with one attached hydrogen (secondary N) is 2. The van der Waals surface area contributed by atoms with Gasteiger partial charge in [0, 0.05) is 22.5 Å². The highest BCUT2D eigenvalue weighted by molar-refractivity contribution is 6.04. The van der Waals surface area contributed by atoms with E-state index < -0.39 is 0 Å². The third-order valence-electron chi connectivity index (χ3n) is 3.31. The lowest BCUT2D eigenvalue weighted by molar-refractivity contribution is 0.102. The van der Waals surface area contributed by atoms with Crippen molar-refractivity contribution in [3.63, 3.8) is 0 Å². The van der Waals surface area contributed by atoms with E-state index in [1.807, 2.05) is 24.3 Å². The molecule has 0 saturated heterocycles. The van der Waals surface area contributed by atoms with Crippen molar-refractivity contribution in [1.29, 1.82) is 0 Å². The van der Waals surface area contributed by atoms with Crippen LogP contribution in [0.4, 0.5) is 11.4 Å². The van der Waals surface area contributed by atoms with Gasteiger partial charge >= 0.3 is 0 Å². The Labute approximate surface area is 143 Å². The molecule has 0 fully saturated rings. The molecule has 0 heterocycles. The van der Waals surface area contributed by atoms with Gasteiger partial charge in [0.15, 0.2) is 11.5 Å². The van der Waals surface area contributed by atoms with E-state index in [1.165, 1.54) is 0 Å². The summed E-state index contributed by atoms with van der Waals surface area (Å²) in [7, 11) is 3.10. The van der Waals surface area contributed by atoms with E-state index in [2.05, 4.69) is 31.4 Å². The molecule has 0 bridgehead atoms. The average Bonchev–Trinajstić information content (AvgIpc) is 2.54. The molecule has 5 heteroatoms. The largest absolute Gasteiger partial charge is 0.493 e. The quantitative estimate of drug-likeness (QED) is 0.865. The van der Waals surface area contributed by atoms with Crippen molar-refractivity contribution in [1.82, 2.24) is 0 Å². The summed E-state index contributed by atoms with van der Waals surface area (Å²) < 4.78 is 10.4.